The monoisotopic (exact) mass is 251 g/mol. The Labute approximate surface area is 109 Å². The summed E-state index contributed by atoms with van der Waals surface area (Å²) in [6.45, 7) is 0. The summed E-state index contributed by atoms with van der Waals surface area (Å²) in [4.78, 5) is 0. The molecule has 0 saturated heterocycles. The molecule has 2 aromatic carbocycles. The summed E-state index contributed by atoms with van der Waals surface area (Å²) in [7, 11) is 1.71. The van der Waals surface area contributed by atoms with Crippen molar-refractivity contribution in [3.8, 4) is 17.2 Å². The van der Waals surface area contributed by atoms with E-state index >= 15 is 0 Å². The summed E-state index contributed by atoms with van der Waals surface area (Å²) in [6, 6.07) is 14.1. The van der Waals surface area contributed by atoms with Gasteiger partial charge in [-0.1, -0.05) is 30.3 Å². The van der Waals surface area contributed by atoms with E-state index in [0.29, 0.717) is 22.3 Å². The molecule has 0 radical (unpaired) electrons. The molecule has 92 valence electrons. The SMILES string of the molecule is Cn1nc2c(-c3ccccc3F)cccc2c1C#N. The van der Waals surface area contributed by atoms with Crippen LogP contribution >= 0.6 is 0 Å². The van der Waals surface area contributed by atoms with Crippen molar-refractivity contribution in [3.05, 3.63) is 54.0 Å². The lowest BCUT2D eigenvalue weighted by Gasteiger charge is -2.03. The molecule has 0 spiro atoms. The first-order chi connectivity index (χ1) is 9.22. The Morgan fingerprint density at radius 2 is 1.84 bits per heavy atom. The predicted octanol–water partition coefficient (Wildman–Crippen LogP) is 3.25. The zero-order valence-corrected chi connectivity index (χ0v) is 10.3. The van der Waals surface area contributed by atoms with Crippen molar-refractivity contribution in [1.82, 2.24) is 9.78 Å². The molecular formula is C15H10FN3. The van der Waals surface area contributed by atoms with Crippen molar-refractivity contribution in [1.29, 1.82) is 5.26 Å². The summed E-state index contributed by atoms with van der Waals surface area (Å²) in [5.74, 6) is -0.292. The molecule has 0 unspecified atom stereocenters. The van der Waals surface area contributed by atoms with Crippen molar-refractivity contribution in [2.24, 2.45) is 7.05 Å². The van der Waals surface area contributed by atoms with E-state index in [9.17, 15) is 4.39 Å². The van der Waals surface area contributed by atoms with Crippen LogP contribution in [0.4, 0.5) is 4.39 Å². The fourth-order valence-corrected chi connectivity index (χ4v) is 2.25. The van der Waals surface area contributed by atoms with Crippen molar-refractivity contribution < 1.29 is 4.39 Å². The largest absolute Gasteiger partial charge is 0.257 e. The second-order valence-corrected chi connectivity index (χ2v) is 4.27. The molecule has 4 heteroatoms. The van der Waals surface area contributed by atoms with Crippen molar-refractivity contribution in [2.75, 3.05) is 0 Å². The lowest BCUT2D eigenvalue weighted by Crippen LogP contribution is -1.92. The van der Waals surface area contributed by atoms with Crippen molar-refractivity contribution in [2.45, 2.75) is 0 Å². The zero-order chi connectivity index (χ0) is 13.4. The Balaban J connectivity index is 2.38. The van der Waals surface area contributed by atoms with Crippen LogP contribution in [0.2, 0.25) is 0 Å². The maximum Gasteiger partial charge on any atom is 0.146 e. The van der Waals surface area contributed by atoms with Crippen LogP contribution in [-0.2, 0) is 7.05 Å². The van der Waals surface area contributed by atoms with Gasteiger partial charge in [-0.05, 0) is 12.1 Å². The van der Waals surface area contributed by atoms with Crippen LogP contribution in [0, 0.1) is 17.1 Å². The molecule has 0 atom stereocenters. The first kappa shape index (κ1) is 11.4. The van der Waals surface area contributed by atoms with E-state index in [1.807, 2.05) is 18.2 Å². The Bertz CT molecular complexity index is 812. The number of aryl methyl sites for hydroxylation is 1. The number of fused-ring (bicyclic) bond motifs is 1. The maximum absolute atomic E-state index is 13.9. The molecule has 3 aromatic rings. The van der Waals surface area contributed by atoms with E-state index < -0.39 is 0 Å². The van der Waals surface area contributed by atoms with Gasteiger partial charge >= 0.3 is 0 Å². The molecule has 0 fully saturated rings. The Kier molecular flexibility index (Phi) is 2.53. The molecule has 3 rings (SSSR count). The second kappa shape index (κ2) is 4.21. The molecular weight excluding hydrogens is 241 g/mol. The fraction of sp³-hybridized carbons (Fsp3) is 0.0667. The van der Waals surface area contributed by atoms with Gasteiger partial charge in [-0.25, -0.2) is 4.39 Å². The van der Waals surface area contributed by atoms with Gasteiger partial charge in [0.15, 0.2) is 0 Å². The van der Waals surface area contributed by atoms with Gasteiger partial charge in [-0.3, -0.25) is 4.68 Å². The van der Waals surface area contributed by atoms with E-state index in [0.717, 1.165) is 5.39 Å². The van der Waals surface area contributed by atoms with Crippen LogP contribution in [0.3, 0.4) is 0 Å². The minimum atomic E-state index is -0.292. The highest BCUT2D eigenvalue weighted by molar-refractivity contribution is 5.96. The van der Waals surface area contributed by atoms with Crippen molar-refractivity contribution >= 4 is 10.9 Å². The zero-order valence-electron chi connectivity index (χ0n) is 10.3. The molecule has 1 heterocycles. The number of nitrogens with zero attached hydrogens (tertiary/aromatic N) is 3. The molecule has 0 amide bonds. The molecule has 0 bridgehead atoms. The van der Waals surface area contributed by atoms with Crippen LogP contribution in [0.25, 0.3) is 22.0 Å². The molecule has 19 heavy (non-hydrogen) atoms. The predicted molar refractivity (Wildman–Crippen MR) is 70.8 cm³/mol. The number of nitriles is 1. The average molecular weight is 251 g/mol. The summed E-state index contributed by atoms with van der Waals surface area (Å²) in [5.41, 5.74) is 2.32. The van der Waals surface area contributed by atoms with E-state index in [2.05, 4.69) is 11.2 Å². The first-order valence-electron chi connectivity index (χ1n) is 5.83. The normalized spacial score (nSPS) is 10.6. The first-order valence-corrected chi connectivity index (χ1v) is 5.83. The molecule has 0 saturated carbocycles. The van der Waals surface area contributed by atoms with E-state index in [1.54, 1.807) is 25.2 Å². The molecule has 3 nitrogen and oxygen atoms in total. The number of aromatic nitrogens is 2. The second-order valence-electron chi connectivity index (χ2n) is 4.27. The number of hydrogen-bond donors (Lipinski definition) is 0. The fourth-order valence-electron chi connectivity index (χ4n) is 2.25. The summed E-state index contributed by atoms with van der Waals surface area (Å²) in [5, 5.41) is 14.2. The van der Waals surface area contributed by atoms with E-state index in [1.165, 1.54) is 10.7 Å². The smallest absolute Gasteiger partial charge is 0.146 e. The van der Waals surface area contributed by atoms with Crippen LogP contribution in [-0.4, -0.2) is 9.78 Å². The third kappa shape index (κ3) is 1.67. The lowest BCUT2D eigenvalue weighted by molar-refractivity contribution is 0.631. The van der Waals surface area contributed by atoms with Gasteiger partial charge in [-0.2, -0.15) is 10.4 Å². The number of hydrogen-bond acceptors (Lipinski definition) is 2. The van der Waals surface area contributed by atoms with Crippen molar-refractivity contribution in [3.63, 3.8) is 0 Å². The minimum Gasteiger partial charge on any atom is -0.257 e. The number of benzene rings is 2. The third-order valence-electron chi connectivity index (χ3n) is 3.13. The summed E-state index contributed by atoms with van der Waals surface area (Å²) >= 11 is 0. The average Bonchev–Trinajstić information content (AvgIpc) is 2.74. The van der Waals surface area contributed by atoms with Crippen LogP contribution in [0.1, 0.15) is 5.69 Å². The lowest BCUT2D eigenvalue weighted by atomic mass is 10.0. The topological polar surface area (TPSA) is 41.6 Å². The van der Waals surface area contributed by atoms with E-state index in [4.69, 9.17) is 5.26 Å². The molecule has 1 aromatic heterocycles. The van der Waals surface area contributed by atoms with E-state index in [-0.39, 0.29) is 5.82 Å². The van der Waals surface area contributed by atoms with Gasteiger partial charge in [0.05, 0.1) is 0 Å². The van der Waals surface area contributed by atoms with Gasteiger partial charge in [0.25, 0.3) is 0 Å². The minimum absolute atomic E-state index is 0.292. The quantitative estimate of drug-likeness (QED) is 0.666. The van der Waals surface area contributed by atoms with Gasteiger partial charge in [-0.15, -0.1) is 0 Å². The summed E-state index contributed by atoms with van der Waals surface area (Å²) < 4.78 is 15.4. The van der Waals surface area contributed by atoms with Gasteiger partial charge < -0.3 is 0 Å². The highest BCUT2D eigenvalue weighted by Crippen LogP contribution is 2.30. The van der Waals surface area contributed by atoms with Crippen LogP contribution < -0.4 is 0 Å². The maximum atomic E-state index is 13.9. The highest BCUT2D eigenvalue weighted by atomic mass is 19.1. The standard InChI is InChI=1S/C15H10FN3/c1-19-14(9-17)12-7-4-6-11(15(12)18-19)10-5-2-3-8-13(10)16/h2-8H,1H3. The Morgan fingerprint density at radius 1 is 1.11 bits per heavy atom. The Morgan fingerprint density at radius 3 is 2.58 bits per heavy atom. The highest BCUT2D eigenvalue weighted by Gasteiger charge is 2.14. The van der Waals surface area contributed by atoms with Crippen LogP contribution in [0.15, 0.2) is 42.5 Å². The molecule has 0 aliphatic carbocycles. The number of halogens is 1. The number of rotatable bonds is 1. The van der Waals surface area contributed by atoms with Crippen LogP contribution in [0.5, 0.6) is 0 Å². The molecule has 0 N–H and O–H groups in total. The molecule has 0 aliphatic rings. The molecule has 0 aliphatic heterocycles. The Hall–Kier alpha value is -2.67. The third-order valence-corrected chi connectivity index (χ3v) is 3.13. The van der Waals surface area contributed by atoms with Gasteiger partial charge in [0, 0.05) is 23.6 Å². The van der Waals surface area contributed by atoms with Gasteiger partial charge in [0.2, 0.25) is 0 Å². The summed E-state index contributed by atoms with van der Waals surface area (Å²) in [6.07, 6.45) is 0. The van der Waals surface area contributed by atoms with Gasteiger partial charge in [0.1, 0.15) is 23.1 Å².